The summed E-state index contributed by atoms with van der Waals surface area (Å²) in [5, 5.41) is 3.44. The van der Waals surface area contributed by atoms with Gasteiger partial charge in [-0.3, -0.25) is 4.79 Å². The fraction of sp³-hybridized carbons (Fsp3) is 0.263. The smallest absolute Gasteiger partial charge is 0.258 e. The molecule has 2 aromatic heterocycles. The summed E-state index contributed by atoms with van der Waals surface area (Å²) in [6.45, 7) is 4.58. The fourth-order valence-electron chi connectivity index (χ4n) is 2.44. The van der Waals surface area contributed by atoms with Gasteiger partial charge in [0.2, 0.25) is 0 Å². The second-order valence-corrected chi connectivity index (χ2v) is 6.57. The zero-order chi connectivity index (χ0) is 17.8. The number of nitrogens with zero attached hydrogens (tertiary/aromatic N) is 2. The molecule has 0 aliphatic rings. The third-order valence-electron chi connectivity index (χ3n) is 3.85. The number of carbonyl (C=O) groups excluding carboxylic acids is 1. The van der Waals surface area contributed by atoms with Crippen LogP contribution in [0.5, 0.6) is 5.75 Å². The molecule has 6 heteroatoms. The van der Waals surface area contributed by atoms with Crippen LogP contribution in [0.25, 0.3) is 5.65 Å². The first-order valence-corrected chi connectivity index (χ1v) is 8.51. The number of benzene rings is 1. The lowest BCUT2D eigenvalue weighted by Gasteiger charge is -2.09. The van der Waals surface area contributed by atoms with Crippen molar-refractivity contribution in [2.45, 2.75) is 26.3 Å². The first-order chi connectivity index (χ1) is 12.0. The van der Waals surface area contributed by atoms with Crippen LogP contribution in [0, 0.1) is 0 Å². The number of imidazole rings is 1. The van der Waals surface area contributed by atoms with E-state index in [9.17, 15) is 4.79 Å². The summed E-state index contributed by atoms with van der Waals surface area (Å²) < 4.78 is 7.34. The number of amides is 1. The van der Waals surface area contributed by atoms with Crippen molar-refractivity contribution in [3.8, 4) is 5.75 Å². The van der Waals surface area contributed by atoms with E-state index in [-0.39, 0.29) is 12.5 Å². The Morgan fingerprint density at radius 1 is 1.20 bits per heavy atom. The van der Waals surface area contributed by atoms with Crippen molar-refractivity contribution in [2.75, 3.05) is 6.61 Å². The number of halogens is 1. The van der Waals surface area contributed by atoms with Crippen LogP contribution in [-0.2, 0) is 11.3 Å². The van der Waals surface area contributed by atoms with Crippen molar-refractivity contribution in [1.29, 1.82) is 0 Å². The average Bonchev–Trinajstić information content (AvgIpc) is 3.00. The second-order valence-electron chi connectivity index (χ2n) is 6.13. The number of ether oxygens (including phenoxy) is 1. The number of pyridine rings is 1. The van der Waals surface area contributed by atoms with Crippen molar-refractivity contribution in [3.05, 3.63) is 65.1 Å². The van der Waals surface area contributed by atoms with Crippen LogP contribution >= 0.6 is 11.6 Å². The van der Waals surface area contributed by atoms with Crippen LogP contribution in [0.2, 0.25) is 5.02 Å². The van der Waals surface area contributed by atoms with Crippen LogP contribution in [-0.4, -0.2) is 21.9 Å². The Morgan fingerprint density at radius 3 is 2.68 bits per heavy atom. The van der Waals surface area contributed by atoms with Crippen LogP contribution in [0.3, 0.4) is 0 Å². The molecule has 0 spiro atoms. The van der Waals surface area contributed by atoms with Gasteiger partial charge in [-0.05, 0) is 35.7 Å². The number of rotatable bonds is 6. The van der Waals surface area contributed by atoms with E-state index in [1.54, 1.807) is 12.3 Å². The molecule has 25 heavy (non-hydrogen) atoms. The van der Waals surface area contributed by atoms with Gasteiger partial charge in [0.15, 0.2) is 6.61 Å². The zero-order valence-corrected chi connectivity index (χ0v) is 15.0. The largest absolute Gasteiger partial charge is 0.484 e. The highest BCUT2D eigenvalue weighted by Gasteiger charge is 2.06. The maximum Gasteiger partial charge on any atom is 0.258 e. The standard InChI is InChI=1S/C19H20ClN3O2/c1-13(2)14-3-6-17(7-4-14)25-12-19(24)21-9-16-11-23-10-15(20)5-8-18(23)22-16/h3-8,10-11,13H,9,12H2,1-2H3,(H,21,24). The molecule has 0 aliphatic carbocycles. The van der Waals surface area contributed by atoms with Gasteiger partial charge in [0, 0.05) is 12.4 Å². The fourth-order valence-corrected chi connectivity index (χ4v) is 2.61. The molecule has 0 saturated heterocycles. The molecule has 0 atom stereocenters. The topological polar surface area (TPSA) is 55.6 Å². The summed E-state index contributed by atoms with van der Waals surface area (Å²) >= 11 is 5.95. The molecule has 130 valence electrons. The lowest BCUT2D eigenvalue weighted by Crippen LogP contribution is -2.28. The predicted molar refractivity (Wildman–Crippen MR) is 98.1 cm³/mol. The highest BCUT2D eigenvalue weighted by Crippen LogP contribution is 2.18. The van der Waals surface area contributed by atoms with Gasteiger partial charge in [0.25, 0.3) is 5.91 Å². The summed E-state index contributed by atoms with van der Waals surface area (Å²) in [7, 11) is 0. The molecule has 1 N–H and O–H groups in total. The number of aromatic nitrogens is 2. The Labute approximate surface area is 151 Å². The van der Waals surface area contributed by atoms with Gasteiger partial charge >= 0.3 is 0 Å². The normalized spacial score (nSPS) is 11.0. The predicted octanol–water partition coefficient (Wildman–Crippen LogP) is 3.81. The quantitative estimate of drug-likeness (QED) is 0.730. The second kappa shape index (κ2) is 7.57. The van der Waals surface area contributed by atoms with E-state index < -0.39 is 0 Å². The maximum atomic E-state index is 11.9. The van der Waals surface area contributed by atoms with Crippen molar-refractivity contribution in [3.63, 3.8) is 0 Å². The SMILES string of the molecule is CC(C)c1ccc(OCC(=O)NCc2cn3cc(Cl)ccc3n2)cc1. The van der Waals surface area contributed by atoms with E-state index >= 15 is 0 Å². The van der Waals surface area contributed by atoms with E-state index in [1.165, 1.54) is 5.56 Å². The molecule has 2 heterocycles. The minimum Gasteiger partial charge on any atom is -0.484 e. The molecule has 1 aromatic carbocycles. The Bertz CT molecular complexity index is 872. The number of hydrogen-bond acceptors (Lipinski definition) is 3. The third-order valence-corrected chi connectivity index (χ3v) is 4.07. The number of fused-ring (bicyclic) bond motifs is 1. The van der Waals surface area contributed by atoms with Crippen molar-refractivity contribution >= 4 is 23.2 Å². The van der Waals surface area contributed by atoms with Crippen molar-refractivity contribution in [2.24, 2.45) is 0 Å². The molecule has 0 fully saturated rings. The Kier molecular flexibility index (Phi) is 5.24. The molecule has 3 rings (SSSR count). The Morgan fingerprint density at radius 2 is 1.96 bits per heavy atom. The molecule has 3 aromatic rings. The monoisotopic (exact) mass is 357 g/mol. The number of hydrogen-bond donors (Lipinski definition) is 1. The number of carbonyl (C=O) groups is 1. The van der Waals surface area contributed by atoms with Gasteiger partial charge in [-0.2, -0.15) is 0 Å². The van der Waals surface area contributed by atoms with Crippen LogP contribution < -0.4 is 10.1 Å². The van der Waals surface area contributed by atoms with Crippen molar-refractivity contribution in [1.82, 2.24) is 14.7 Å². The van der Waals surface area contributed by atoms with Gasteiger partial charge in [-0.25, -0.2) is 4.98 Å². The van der Waals surface area contributed by atoms with E-state index in [0.717, 1.165) is 11.3 Å². The summed E-state index contributed by atoms with van der Waals surface area (Å²) in [5.74, 6) is 0.961. The van der Waals surface area contributed by atoms with Crippen LogP contribution in [0.1, 0.15) is 31.0 Å². The molecule has 0 aliphatic heterocycles. The van der Waals surface area contributed by atoms with E-state index in [4.69, 9.17) is 16.3 Å². The van der Waals surface area contributed by atoms with Gasteiger partial charge in [0.1, 0.15) is 11.4 Å². The highest BCUT2D eigenvalue weighted by molar-refractivity contribution is 6.30. The molecule has 5 nitrogen and oxygen atoms in total. The molecule has 0 saturated carbocycles. The molecule has 1 amide bonds. The molecule has 0 radical (unpaired) electrons. The van der Waals surface area contributed by atoms with E-state index in [0.29, 0.717) is 23.2 Å². The summed E-state index contributed by atoms with van der Waals surface area (Å²) in [6.07, 6.45) is 3.62. The lowest BCUT2D eigenvalue weighted by atomic mass is 10.0. The molecule has 0 bridgehead atoms. The third kappa shape index (κ3) is 4.51. The van der Waals surface area contributed by atoms with Crippen LogP contribution in [0.15, 0.2) is 48.8 Å². The Balaban J connectivity index is 1.50. The maximum absolute atomic E-state index is 11.9. The zero-order valence-electron chi connectivity index (χ0n) is 14.2. The lowest BCUT2D eigenvalue weighted by molar-refractivity contribution is -0.123. The molecular formula is C19H20ClN3O2. The van der Waals surface area contributed by atoms with Crippen molar-refractivity contribution < 1.29 is 9.53 Å². The van der Waals surface area contributed by atoms with Gasteiger partial charge < -0.3 is 14.5 Å². The summed E-state index contributed by atoms with van der Waals surface area (Å²) in [4.78, 5) is 16.4. The molecular weight excluding hydrogens is 338 g/mol. The summed E-state index contributed by atoms with van der Waals surface area (Å²) in [5.41, 5.74) is 2.79. The number of nitrogens with one attached hydrogen (secondary N) is 1. The van der Waals surface area contributed by atoms with Gasteiger partial charge in [-0.1, -0.05) is 37.6 Å². The first-order valence-electron chi connectivity index (χ1n) is 8.14. The summed E-state index contributed by atoms with van der Waals surface area (Å²) in [6, 6.07) is 11.4. The minimum atomic E-state index is -0.192. The van der Waals surface area contributed by atoms with E-state index in [1.807, 2.05) is 40.9 Å². The minimum absolute atomic E-state index is 0.0276. The Hall–Kier alpha value is -2.53. The van der Waals surface area contributed by atoms with E-state index in [2.05, 4.69) is 24.1 Å². The van der Waals surface area contributed by atoms with Crippen LogP contribution in [0.4, 0.5) is 0 Å². The van der Waals surface area contributed by atoms with Gasteiger partial charge in [-0.15, -0.1) is 0 Å². The molecule has 0 unspecified atom stereocenters. The highest BCUT2D eigenvalue weighted by atomic mass is 35.5. The van der Waals surface area contributed by atoms with Gasteiger partial charge in [0.05, 0.1) is 17.3 Å². The first kappa shape index (κ1) is 17.3. The average molecular weight is 358 g/mol.